The molecule has 0 radical (unpaired) electrons. The van der Waals surface area contributed by atoms with Crippen LogP contribution in [0.25, 0.3) is 33.5 Å². The highest BCUT2D eigenvalue weighted by atomic mass is 15.0. The molecule has 0 spiro atoms. The number of nitrogens with zero attached hydrogens (tertiary/aromatic N) is 3. The van der Waals surface area contributed by atoms with E-state index in [9.17, 15) is 0 Å². The molecule has 1 aromatic carbocycles. The molecule has 0 saturated carbocycles. The fourth-order valence-electron chi connectivity index (χ4n) is 3.02. The fourth-order valence-corrected chi connectivity index (χ4v) is 3.02. The fraction of sp³-hybridized carbons (Fsp3) is 0.174. The molecule has 4 aromatic rings. The Bertz CT molecular complexity index is 1150. The zero-order chi connectivity index (χ0) is 19.6. The third kappa shape index (κ3) is 3.78. The van der Waals surface area contributed by atoms with Gasteiger partial charge in [-0.2, -0.15) is 5.26 Å². The lowest BCUT2D eigenvalue weighted by molar-refractivity contribution is 0.481. The largest absolute Gasteiger partial charge is 0.339 e. The maximum Gasteiger partial charge on any atom is 0.137 e. The molecule has 5 heteroatoms. The van der Waals surface area contributed by atoms with Crippen molar-refractivity contribution < 1.29 is 0 Å². The lowest BCUT2D eigenvalue weighted by Gasteiger charge is -2.17. The van der Waals surface area contributed by atoms with Crippen LogP contribution in [0.2, 0.25) is 0 Å². The van der Waals surface area contributed by atoms with Gasteiger partial charge in [-0.1, -0.05) is 36.4 Å². The highest BCUT2D eigenvalue weighted by Gasteiger charge is 2.15. The van der Waals surface area contributed by atoms with Gasteiger partial charge in [0, 0.05) is 29.4 Å². The van der Waals surface area contributed by atoms with Crippen LogP contribution >= 0.6 is 0 Å². The Kier molecular flexibility index (Phi) is 4.64. The number of hydrogen-bond donors (Lipinski definition) is 2. The predicted molar refractivity (Wildman–Crippen MR) is 111 cm³/mol. The second-order valence-corrected chi connectivity index (χ2v) is 7.32. The van der Waals surface area contributed by atoms with Gasteiger partial charge in [-0.05, 0) is 43.7 Å². The third-order valence-corrected chi connectivity index (χ3v) is 4.65. The van der Waals surface area contributed by atoms with Gasteiger partial charge in [-0.25, -0.2) is 4.98 Å². The zero-order valence-electron chi connectivity index (χ0n) is 15.9. The number of H-pyrrole nitrogens is 1. The Balaban J connectivity index is 1.62. The summed E-state index contributed by atoms with van der Waals surface area (Å²) in [6.45, 7) is 4.24. The molecule has 0 unspecified atom stereocenters. The van der Waals surface area contributed by atoms with Crippen LogP contribution in [-0.2, 0) is 6.54 Å². The quantitative estimate of drug-likeness (QED) is 0.537. The molecule has 5 nitrogen and oxygen atoms in total. The second kappa shape index (κ2) is 7.26. The summed E-state index contributed by atoms with van der Waals surface area (Å²) >= 11 is 0. The minimum Gasteiger partial charge on any atom is -0.339 e. The number of aromatic nitrogens is 3. The number of nitrogens with one attached hydrogen (secondary N) is 2. The van der Waals surface area contributed by atoms with Gasteiger partial charge in [0.2, 0.25) is 0 Å². The Labute approximate surface area is 164 Å². The monoisotopic (exact) mass is 367 g/mol. The number of hydrogen-bond acceptors (Lipinski definition) is 4. The van der Waals surface area contributed by atoms with Crippen LogP contribution in [0.5, 0.6) is 0 Å². The molecule has 4 rings (SSSR count). The highest BCUT2D eigenvalue weighted by molar-refractivity contribution is 5.86. The maximum absolute atomic E-state index is 9.15. The molecule has 0 atom stereocenters. The van der Waals surface area contributed by atoms with Gasteiger partial charge < -0.3 is 4.98 Å². The summed E-state index contributed by atoms with van der Waals surface area (Å²) in [5.74, 6) is 0. The van der Waals surface area contributed by atoms with Gasteiger partial charge >= 0.3 is 0 Å². The van der Waals surface area contributed by atoms with Crippen LogP contribution in [0.4, 0.5) is 0 Å². The van der Waals surface area contributed by atoms with Crippen LogP contribution in [0.3, 0.4) is 0 Å². The van der Waals surface area contributed by atoms with E-state index in [1.165, 1.54) is 0 Å². The first-order valence-corrected chi connectivity index (χ1v) is 9.21. The number of benzene rings is 1. The summed E-state index contributed by atoms with van der Waals surface area (Å²) in [6.07, 6.45) is 1.84. The van der Waals surface area contributed by atoms with E-state index in [4.69, 9.17) is 10.2 Å². The molecule has 3 aromatic heterocycles. The van der Waals surface area contributed by atoms with Gasteiger partial charge in [0.05, 0.1) is 17.5 Å². The van der Waals surface area contributed by atoms with Crippen molar-refractivity contribution in [1.29, 1.82) is 5.26 Å². The molecule has 0 amide bonds. The third-order valence-electron chi connectivity index (χ3n) is 4.65. The summed E-state index contributed by atoms with van der Waals surface area (Å²) in [4.78, 5) is 12.7. The van der Waals surface area contributed by atoms with Crippen LogP contribution in [-0.4, -0.2) is 20.5 Å². The van der Waals surface area contributed by atoms with E-state index < -0.39 is 5.54 Å². The number of aromatic amines is 1. The van der Waals surface area contributed by atoms with E-state index in [2.05, 4.69) is 45.6 Å². The van der Waals surface area contributed by atoms with Crippen LogP contribution in [0.15, 0.2) is 66.9 Å². The smallest absolute Gasteiger partial charge is 0.137 e. The van der Waals surface area contributed by atoms with Gasteiger partial charge in [0.1, 0.15) is 11.2 Å². The molecular formula is C23H21N5. The normalized spacial score (nSPS) is 11.5. The lowest BCUT2D eigenvalue weighted by Crippen LogP contribution is -2.37. The minimum absolute atomic E-state index is 0.534. The van der Waals surface area contributed by atoms with Crippen molar-refractivity contribution in [2.75, 3.05) is 0 Å². The van der Waals surface area contributed by atoms with Gasteiger partial charge in [-0.3, -0.25) is 10.3 Å². The first kappa shape index (κ1) is 17.9. The van der Waals surface area contributed by atoms with Crippen molar-refractivity contribution in [2.45, 2.75) is 25.9 Å². The molecule has 3 heterocycles. The number of fused-ring (bicyclic) bond motifs is 1. The van der Waals surface area contributed by atoms with E-state index in [0.29, 0.717) is 6.54 Å². The Morgan fingerprint density at radius 2 is 1.86 bits per heavy atom. The van der Waals surface area contributed by atoms with Crippen LogP contribution in [0, 0.1) is 11.3 Å². The van der Waals surface area contributed by atoms with Crippen molar-refractivity contribution >= 4 is 11.0 Å². The topological polar surface area (TPSA) is 77.4 Å². The van der Waals surface area contributed by atoms with Crippen molar-refractivity contribution in [3.05, 3.63) is 72.6 Å². The van der Waals surface area contributed by atoms with E-state index in [-0.39, 0.29) is 0 Å². The van der Waals surface area contributed by atoms with Gasteiger partial charge in [0.15, 0.2) is 0 Å². The predicted octanol–water partition coefficient (Wildman–Crippen LogP) is 4.68. The zero-order valence-corrected chi connectivity index (χ0v) is 15.9. The number of rotatable bonds is 5. The van der Waals surface area contributed by atoms with Crippen molar-refractivity contribution in [1.82, 2.24) is 20.3 Å². The van der Waals surface area contributed by atoms with Crippen molar-refractivity contribution in [2.24, 2.45) is 0 Å². The molecular weight excluding hydrogens is 346 g/mol. The van der Waals surface area contributed by atoms with Gasteiger partial charge in [-0.15, -0.1) is 0 Å². The molecule has 0 saturated heterocycles. The van der Waals surface area contributed by atoms with E-state index in [1.54, 1.807) is 0 Å². The van der Waals surface area contributed by atoms with E-state index in [1.807, 2.05) is 56.4 Å². The molecule has 28 heavy (non-hydrogen) atoms. The number of nitriles is 1. The molecule has 138 valence electrons. The molecule has 2 N–H and O–H groups in total. The van der Waals surface area contributed by atoms with E-state index >= 15 is 0 Å². The summed E-state index contributed by atoms with van der Waals surface area (Å²) in [5.41, 5.74) is 5.17. The lowest BCUT2D eigenvalue weighted by atomic mass is 10.1. The SMILES string of the molecule is CC(C)(C#N)NCc1cccc(-c2cnc3[nH]c(-c4ccccc4)cc3c2)n1. The van der Waals surface area contributed by atoms with Crippen LogP contribution in [0.1, 0.15) is 19.5 Å². The number of pyridine rings is 2. The molecule has 0 bridgehead atoms. The maximum atomic E-state index is 9.15. The molecule has 0 aliphatic rings. The summed E-state index contributed by atoms with van der Waals surface area (Å²) in [5, 5.41) is 13.4. The Morgan fingerprint density at radius 3 is 2.64 bits per heavy atom. The standard InChI is InChI=1S/C23H21N5/c1-23(2,15-24)26-14-19-9-6-10-20(27-19)18-11-17-12-21(28-22(17)25-13-18)16-7-4-3-5-8-16/h3-13,26H,14H2,1-2H3,(H,25,28). The molecule has 0 aliphatic carbocycles. The summed E-state index contributed by atoms with van der Waals surface area (Å²) < 4.78 is 0. The summed E-state index contributed by atoms with van der Waals surface area (Å²) in [6, 6.07) is 22.6. The molecule has 0 fully saturated rings. The summed E-state index contributed by atoms with van der Waals surface area (Å²) in [7, 11) is 0. The second-order valence-electron chi connectivity index (χ2n) is 7.32. The van der Waals surface area contributed by atoms with Crippen molar-refractivity contribution in [3.63, 3.8) is 0 Å². The average Bonchev–Trinajstić information content (AvgIpc) is 3.17. The van der Waals surface area contributed by atoms with Crippen molar-refractivity contribution in [3.8, 4) is 28.6 Å². The van der Waals surface area contributed by atoms with Gasteiger partial charge in [0.25, 0.3) is 0 Å². The highest BCUT2D eigenvalue weighted by Crippen LogP contribution is 2.26. The van der Waals surface area contributed by atoms with Crippen LogP contribution < -0.4 is 5.32 Å². The Hall–Kier alpha value is -3.49. The van der Waals surface area contributed by atoms with E-state index in [0.717, 1.165) is 39.2 Å². The minimum atomic E-state index is -0.586. The first-order chi connectivity index (χ1) is 13.5. The Morgan fingerprint density at radius 1 is 1.04 bits per heavy atom. The molecule has 0 aliphatic heterocycles. The first-order valence-electron chi connectivity index (χ1n) is 9.21. The average molecular weight is 367 g/mol.